The Balaban J connectivity index is 1.58. The van der Waals surface area contributed by atoms with Crippen molar-refractivity contribution in [3.63, 3.8) is 0 Å². The van der Waals surface area contributed by atoms with Crippen LogP contribution in [0.5, 0.6) is 0 Å². The molecule has 0 saturated heterocycles. The summed E-state index contributed by atoms with van der Waals surface area (Å²) in [6.45, 7) is 2.09. The summed E-state index contributed by atoms with van der Waals surface area (Å²) in [5, 5.41) is 0. The van der Waals surface area contributed by atoms with E-state index in [1.807, 2.05) is 18.3 Å². The minimum atomic E-state index is -0.230. The summed E-state index contributed by atoms with van der Waals surface area (Å²) >= 11 is 0. The zero-order chi connectivity index (χ0) is 17.5. The second-order valence-corrected chi connectivity index (χ2v) is 6.73. The monoisotopic (exact) mass is 333 g/mol. The number of aromatic nitrogens is 1. The Labute approximate surface area is 150 Å². The van der Waals surface area contributed by atoms with Gasteiger partial charge in [-0.1, -0.05) is 24.0 Å². The lowest BCUT2D eigenvalue weighted by Gasteiger charge is -2.24. The fraction of sp³-hybridized carbons (Fsp3) is 0.348. The van der Waals surface area contributed by atoms with Crippen molar-refractivity contribution in [1.82, 2.24) is 4.98 Å². The Morgan fingerprint density at radius 2 is 1.84 bits per heavy atom. The number of halogens is 1. The number of allylic oxidation sites excluding steroid dienone is 2. The van der Waals surface area contributed by atoms with E-state index in [9.17, 15) is 4.39 Å². The van der Waals surface area contributed by atoms with Crippen LogP contribution in [0.15, 0.2) is 54.7 Å². The van der Waals surface area contributed by atoms with E-state index in [1.54, 1.807) is 12.1 Å². The van der Waals surface area contributed by atoms with Gasteiger partial charge in [-0.2, -0.15) is 0 Å². The van der Waals surface area contributed by atoms with Gasteiger partial charge in [-0.05, 0) is 81.3 Å². The largest absolute Gasteiger partial charge is 0.255 e. The van der Waals surface area contributed by atoms with Gasteiger partial charge in [0.1, 0.15) is 5.82 Å². The zero-order valence-corrected chi connectivity index (χ0v) is 14.7. The van der Waals surface area contributed by atoms with Crippen molar-refractivity contribution in [2.24, 2.45) is 11.8 Å². The highest BCUT2D eigenvalue weighted by Crippen LogP contribution is 2.30. The third-order valence-corrected chi connectivity index (χ3v) is 4.88. The molecule has 25 heavy (non-hydrogen) atoms. The first kappa shape index (κ1) is 17.4. The number of rotatable bonds is 3. The third kappa shape index (κ3) is 5.03. The first-order chi connectivity index (χ1) is 12.2. The van der Waals surface area contributed by atoms with Gasteiger partial charge < -0.3 is 0 Å². The van der Waals surface area contributed by atoms with Crippen LogP contribution in [-0.4, -0.2) is 4.98 Å². The molecule has 0 spiro atoms. The van der Waals surface area contributed by atoms with Crippen molar-refractivity contribution in [1.29, 1.82) is 0 Å². The highest BCUT2D eigenvalue weighted by molar-refractivity contribution is 5.59. The maximum absolute atomic E-state index is 13.0. The molecule has 1 aliphatic rings. The number of pyridine rings is 1. The van der Waals surface area contributed by atoms with Gasteiger partial charge in [-0.15, -0.1) is 0 Å². The molecule has 1 aromatic carbocycles. The number of hydrogen-bond acceptors (Lipinski definition) is 1. The molecule has 1 heterocycles. The molecule has 1 fully saturated rings. The van der Waals surface area contributed by atoms with Crippen molar-refractivity contribution < 1.29 is 4.39 Å². The molecule has 2 heteroatoms. The lowest BCUT2D eigenvalue weighted by atomic mass is 9.81. The van der Waals surface area contributed by atoms with Gasteiger partial charge in [0.2, 0.25) is 0 Å². The highest BCUT2D eigenvalue weighted by atomic mass is 19.1. The lowest BCUT2D eigenvalue weighted by molar-refractivity contribution is 0.319. The molecular formula is C23H24FN. The average Bonchev–Trinajstić information content (AvgIpc) is 2.67. The van der Waals surface area contributed by atoms with Gasteiger partial charge in [0.25, 0.3) is 0 Å². The molecule has 1 aliphatic carbocycles. The van der Waals surface area contributed by atoms with E-state index >= 15 is 0 Å². The van der Waals surface area contributed by atoms with E-state index in [0.717, 1.165) is 22.7 Å². The molecule has 1 aromatic heterocycles. The standard InChI is InChI=1S/C23H24FN/c1-2-3-4-18-5-7-19(8-6-18)9-10-20-11-16-23(25-17-20)21-12-14-22(24)15-13-21/h2-3,11-19H,4-8H2,1H3. The lowest BCUT2D eigenvalue weighted by Crippen LogP contribution is -2.12. The fourth-order valence-corrected chi connectivity index (χ4v) is 3.32. The molecule has 128 valence electrons. The molecule has 0 bridgehead atoms. The van der Waals surface area contributed by atoms with Gasteiger partial charge in [0, 0.05) is 23.2 Å². The van der Waals surface area contributed by atoms with Crippen LogP contribution in [0.4, 0.5) is 4.39 Å². The van der Waals surface area contributed by atoms with E-state index < -0.39 is 0 Å². The summed E-state index contributed by atoms with van der Waals surface area (Å²) < 4.78 is 13.0. The minimum absolute atomic E-state index is 0.230. The van der Waals surface area contributed by atoms with Crippen molar-refractivity contribution in [3.05, 3.63) is 66.1 Å². The van der Waals surface area contributed by atoms with Crippen LogP contribution < -0.4 is 0 Å². The van der Waals surface area contributed by atoms with Crippen LogP contribution in [0.1, 0.15) is 44.6 Å². The molecule has 2 aromatic rings. The van der Waals surface area contributed by atoms with E-state index in [-0.39, 0.29) is 5.82 Å². The Morgan fingerprint density at radius 1 is 1.08 bits per heavy atom. The fourth-order valence-electron chi connectivity index (χ4n) is 3.32. The number of nitrogens with zero attached hydrogens (tertiary/aromatic N) is 1. The average molecular weight is 333 g/mol. The molecule has 0 N–H and O–H groups in total. The van der Waals surface area contributed by atoms with E-state index in [2.05, 4.69) is 35.9 Å². The van der Waals surface area contributed by atoms with Crippen molar-refractivity contribution >= 4 is 0 Å². The van der Waals surface area contributed by atoms with Crippen LogP contribution in [0.3, 0.4) is 0 Å². The van der Waals surface area contributed by atoms with Gasteiger partial charge >= 0.3 is 0 Å². The summed E-state index contributed by atoms with van der Waals surface area (Å²) in [5.41, 5.74) is 2.71. The smallest absolute Gasteiger partial charge is 0.123 e. The van der Waals surface area contributed by atoms with E-state index in [1.165, 1.54) is 44.2 Å². The maximum Gasteiger partial charge on any atom is 0.123 e. The Bertz CT molecular complexity index is 754. The summed E-state index contributed by atoms with van der Waals surface area (Å²) in [6.07, 6.45) is 12.4. The van der Waals surface area contributed by atoms with E-state index in [4.69, 9.17) is 0 Å². The van der Waals surface area contributed by atoms with E-state index in [0.29, 0.717) is 5.92 Å². The molecule has 0 atom stereocenters. The molecular weight excluding hydrogens is 309 g/mol. The number of benzene rings is 1. The van der Waals surface area contributed by atoms with Crippen LogP contribution in [0, 0.1) is 29.5 Å². The predicted octanol–water partition coefficient (Wildman–Crippen LogP) is 6.01. The van der Waals surface area contributed by atoms with Crippen LogP contribution in [-0.2, 0) is 0 Å². The second kappa shape index (κ2) is 8.62. The molecule has 3 rings (SSSR count). The first-order valence-electron chi connectivity index (χ1n) is 9.09. The topological polar surface area (TPSA) is 12.9 Å². The molecule has 1 nitrogen and oxygen atoms in total. The van der Waals surface area contributed by atoms with Crippen LogP contribution >= 0.6 is 0 Å². The summed E-state index contributed by atoms with van der Waals surface area (Å²) in [7, 11) is 0. The minimum Gasteiger partial charge on any atom is -0.255 e. The predicted molar refractivity (Wildman–Crippen MR) is 101 cm³/mol. The normalized spacial score (nSPS) is 20.2. The van der Waals surface area contributed by atoms with Gasteiger partial charge in [0.05, 0.1) is 5.69 Å². The molecule has 0 radical (unpaired) electrons. The molecule has 0 aliphatic heterocycles. The van der Waals surface area contributed by atoms with Crippen molar-refractivity contribution in [3.8, 4) is 23.1 Å². The van der Waals surface area contributed by atoms with Crippen molar-refractivity contribution in [2.75, 3.05) is 0 Å². The second-order valence-electron chi connectivity index (χ2n) is 6.73. The van der Waals surface area contributed by atoms with Gasteiger partial charge in [0.15, 0.2) is 0 Å². The van der Waals surface area contributed by atoms with Gasteiger partial charge in [-0.25, -0.2) is 4.39 Å². The Hall–Kier alpha value is -2.40. The highest BCUT2D eigenvalue weighted by Gasteiger charge is 2.18. The summed E-state index contributed by atoms with van der Waals surface area (Å²) in [4.78, 5) is 4.46. The van der Waals surface area contributed by atoms with Crippen LogP contribution in [0.25, 0.3) is 11.3 Å². The molecule has 0 unspecified atom stereocenters. The Kier molecular flexibility index (Phi) is 6.01. The van der Waals surface area contributed by atoms with Crippen molar-refractivity contribution in [2.45, 2.75) is 39.0 Å². The molecule has 0 amide bonds. The molecule has 1 saturated carbocycles. The maximum atomic E-state index is 13.0. The quantitative estimate of drug-likeness (QED) is 0.495. The number of hydrogen-bond donors (Lipinski definition) is 0. The zero-order valence-electron chi connectivity index (χ0n) is 14.7. The van der Waals surface area contributed by atoms with Gasteiger partial charge in [-0.3, -0.25) is 4.98 Å². The summed E-state index contributed by atoms with van der Waals surface area (Å²) in [6, 6.07) is 10.3. The summed E-state index contributed by atoms with van der Waals surface area (Å²) in [5.74, 6) is 7.82. The SMILES string of the molecule is CC=CCC1CCC(C#Cc2ccc(-c3ccc(F)cc3)nc2)CC1. The first-order valence-corrected chi connectivity index (χ1v) is 9.09. The Morgan fingerprint density at radius 3 is 2.48 bits per heavy atom. The third-order valence-electron chi connectivity index (χ3n) is 4.88. The van der Waals surface area contributed by atoms with Crippen LogP contribution in [0.2, 0.25) is 0 Å².